The maximum Gasteiger partial charge on any atom is 0.313 e. The molecule has 0 fully saturated rings. The molecule has 2 aromatic rings. The van der Waals surface area contributed by atoms with Crippen molar-refractivity contribution in [1.82, 2.24) is 35.2 Å². The second-order valence-corrected chi connectivity index (χ2v) is 3.98. The van der Waals surface area contributed by atoms with Gasteiger partial charge in [0.1, 0.15) is 0 Å². The van der Waals surface area contributed by atoms with Gasteiger partial charge in [0.05, 0.1) is 25.0 Å². The molecule has 0 saturated heterocycles. The van der Waals surface area contributed by atoms with E-state index in [0.29, 0.717) is 18.2 Å². The first-order valence-corrected chi connectivity index (χ1v) is 5.69. The van der Waals surface area contributed by atoms with Crippen molar-refractivity contribution in [3.63, 3.8) is 0 Å². The van der Waals surface area contributed by atoms with Crippen molar-refractivity contribution in [2.45, 2.75) is 18.2 Å². The Morgan fingerprint density at radius 3 is 3.00 bits per heavy atom. The summed E-state index contributed by atoms with van der Waals surface area (Å²) < 4.78 is 3.18. The van der Waals surface area contributed by atoms with Crippen LogP contribution in [0.25, 0.3) is 0 Å². The zero-order chi connectivity index (χ0) is 12.1. The van der Waals surface area contributed by atoms with E-state index in [2.05, 4.69) is 25.8 Å². The van der Waals surface area contributed by atoms with Crippen molar-refractivity contribution < 1.29 is 9.90 Å². The summed E-state index contributed by atoms with van der Waals surface area (Å²) in [5.41, 5.74) is 0. The maximum absolute atomic E-state index is 10.4. The predicted molar refractivity (Wildman–Crippen MR) is 56.2 cm³/mol. The molecule has 0 aliphatic rings. The standard InChI is InChI=1S/C7H9N7O2S/c15-6(16)5-17-7-9-10-12-14(7)4-3-13-2-1-8-11-13/h1-2H,3-5H2,(H,15,16). The molecule has 2 rings (SSSR count). The molecule has 2 aromatic heterocycles. The first-order valence-electron chi connectivity index (χ1n) is 4.70. The quantitative estimate of drug-likeness (QED) is 0.664. The third-order valence-electron chi connectivity index (χ3n) is 1.84. The van der Waals surface area contributed by atoms with Gasteiger partial charge < -0.3 is 5.11 Å². The molecule has 0 atom stereocenters. The highest BCUT2D eigenvalue weighted by Crippen LogP contribution is 2.12. The van der Waals surface area contributed by atoms with Crippen molar-refractivity contribution in [2.75, 3.05) is 5.75 Å². The minimum atomic E-state index is -0.902. The molecule has 0 radical (unpaired) electrons. The SMILES string of the molecule is O=C(O)CSc1nnnn1CCn1ccnn1. The van der Waals surface area contributed by atoms with Gasteiger partial charge in [-0.25, -0.2) is 4.68 Å². The number of hydrogen-bond acceptors (Lipinski definition) is 7. The van der Waals surface area contributed by atoms with E-state index in [1.165, 1.54) is 4.68 Å². The topological polar surface area (TPSA) is 112 Å². The Hall–Kier alpha value is -1.97. The monoisotopic (exact) mass is 255 g/mol. The highest BCUT2D eigenvalue weighted by molar-refractivity contribution is 7.99. The van der Waals surface area contributed by atoms with Crippen LogP contribution in [0.15, 0.2) is 17.6 Å². The number of hydrogen-bond donors (Lipinski definition) is 1. The smallest absolute Gasteiger partial charge is 0.313 e. The molecule has 0 amide bonds. The lowest BCUT2D eigenvalue weighted by atomic mass is 10.6. The van der Waals surface area contributed by atoms with Crippen LogP contribution in [0.2, 0.25) is 0 Å². The van der Waals surface area contributed by atoms with Gasteiger partial charge in [-0.1, -0.05) is 17.0 Å². The molecule has 0 aliphatic carbocycles. The number of carboxylic acids is 1. The number of aliphatic carboxylic acids is 1. The number of rotatable bonds is 6. The normalized spacial score (nSPS) is 10.6. The van der Waals surface area contributed by atoms with Crippen LogP contribution in [-0.2, 0) is 17.9 Å². The number of thioether (sulfide) groups is 1. The van der Waals surface area contributed by atoms with Gasteiger partial charge in [-0.2, -0.15) is 0 Å². The summed E-state index contributed by atoms with van der Waals surface area (Å²) in [6.45, 7) is 1.09. The Morgan fingerprint density at radius 2 is 2.29 bits per heavy atom. The Kier molecular flexibility index (Phi) is 3.65. The Labute approximate surface area is 99.8 Å². The van der Waals surface area contributed by atoms with Gasteiger partial charge in [0.2, 0.25) is 5.16 Å². The lowest BCUT2D eigenvalue weighted by Crippen LogP contribution is -2.11. The zero-order valence-corrected chi connectivity index (χ0v) is 9.49. The minimum Gasteiger partial charge on any atom is -0.481 e. The van der Waals surface area contributed by atoms with Crippen molar-refractivity contribution in [2.24, 2.45) is 0 Å². The average molecular weight is 255 g/mol. The fraction of sp³-hybridized carbons (Fsp3) is 0.429. The van der Waals surface area contributed by atoms with Crippen molar-refractivity contribution in [3.8, 4) is 0 Å². The lowest BCUT2D eigenvalue weighted by Gasteiger charge is -2.02. The van der Waals surface area contributed by atoms with Crippen LogP contribution in [-0.4, -0.2) is 52.0 Å². The second-order valence-electron chi connectivity index (χ2n) is 3.03. The van der Waals surface area contributed by atoms with Gasteiger partial charge in [0.15, 0.2) is 0 Å². The van der Waals surface area contributed by atoms with Crippen molar-refractivity contribution >= 4 is 17.7 Å². The molecule has 17 heavy (non-hydrogen) atoms. The molecule has 9 nitrogen and oxygen atoms in total. The van der Waals surface area contributed by atoms with Crippen LogP contribution in [0.4, 0.5) is 0 Å². The first kappa shape index (κ1) is 11.5. The summed E-state index contributed by atoms with van der Waals surface area (Å²) in [5, 5.41) is 27.5. The van der Waals surface area contributed by atoms with Crippen LogP contribution >= 0.6 is 11.8 Å². The van der Waals surface area contributed by atoms with Gasteiger partial charge >= 0.3 is 5.97 Å². The molecular weight excluding hydrogens is 246 g/mol. The summed E-state index contributed by atoms with van der Waals surface area (Å²) >= 11 is 1.08. The number of tetrazole rings is 1. The number of aromatic nitrogens is 7. The van der Waals surface area contributed by atoms with Crippen LogP contribution in [0, 0.1) is 0 Å². The van der Waals surface area contributed by atoms with Gasteiger partial charge in [-0.3, -0.25) is 9.48 Å². The molecule has 1 N–H and O–H groups in total. The Morgan fingerprint density at radius 1 is 1.41 bits per heavy atom. The molecule has 0 bridgehead atoms. The number of nitrogens with zero attached hydrogens (tertiary/aromatic N) is 7. The molecule has 0 spiro atoms. The number of carbonyl (C=O) groups is 1. The van der Waals surface area contributed by atoms with E-state index >= 15 is 0 Å². The van der Waals surface area contributed by atoms with Gasteiger partial charge in [-0.05, 0) is 10.4 Å². The predicted octanol–water partition coefficient (Wildman–Crippen LogP) is -0.859. The van der Waals surface area contributed by atoms with E-state index in [1.807, 2.05) is 0 Å². The lowest BCUT2D eigenvalue weighted by molar-refractivity contribution is -0.133. The Balaban J connectivity index is 1.92. The van der Waals surface area contributed by atoms with Gasteiger partial charge in [-0.15, -0.1) is 10.2 Å². The number of aryl methyl sites for hydroxylation is 2. The molecule has 90 valence electrons. The molecular formula is C7H9N7O2S. The highest BCUT2D eigenvalue weighted by atomic mass is 32.2. The summed E-state index contributed by atoms with van der Waals surface area (Å²) in [5.74, 6) is -0.968. The second kappa shape index (κ2) is 5.39. The van der Waals surface area contributed by atoms with E-state index in [0.717, 1.165) is 11.8 Å². The summed E-state index contributed by atoms with van der Waals surface area (Å²) in [4.78, 5) is 10.4. The van der Waals surface area contributed by atoms with Crippen molar-refractivity contribution in [1.29, 1.82) is 0 Å². The van der Waals surface area contributed by atoms with Crippen LogP contribution in [0.1, 0.15) is 0 Å². The maximum atomic E-state index is 10.4. The summed E-state index contributed by atoms with van der Waals surface area (Å²) in [6, 6.07) is 0. The van der Waals surface area contributed by atoms with Gasteiger partial charge in [0.25, 0.3) is 0 Å². The third-order valence-corrected chi connectivity index (χ3v) is 2.78. The molecule has 2 heterocycles. The largest absolute Gasteiger partial charge is 0.481 e. The summed E-state index contributed by atoms with van der Waals surface area (Å²) in [7, 11) is 0. The molecule has 0 aromatic carbocycles. The van der Waals surface area contributed by atoms with Crippen LogP contribution in [0.5, 0.6) is 0 Å². The molecule has 0 aliphatic heterocycles. The number of carboxylic acid groups (broad SMARTS) is 1. The van der Waals surface area contributed by atoms with E-state index in [-0.39, 0.29) is 5.75 Å². The first-order chi connectivity index (χ1) is 8.25. The summed E-state index contributed by atoms with van der Waals surface area (Å²) in [6.07, 6.45) is 3.31. The highest BCUT2D eigenvalue weighted by Gasteiger charge is 2.08. The third kappa shape index (κ3) is 3.24. The zero-order valence-electron chi connectivity index (χ0n) is 8.67. The van der Waals surface area contributed by atoms with Crippen LogP contribution < -0.4 is 0 Å². The minimum absolute atomic E-state index is 0.0658. The average Bonchev–Trinajstić information content (AvgIpc) is 2.95. The van der Waals surface area contributed by atoms with Gasteiger partial charge in [0, 0.05) is 6.20 Å². The van der Waals surface area contributed by atoms with Crippen LogP contribution in [0.3, 0.4) is 0 Å². The molecule has 10 heteroatoms. The fourth-order valence-electron chi connectivity index (χ4n) is 1.12. The van der Waals surface area contributed by atoms with Crippen molar-refractivity contribution in [3.05, 3.63) is 12.4 Å². The molecule has 0 saturated carbocycles. The molecule has 0 unspecified atom stereocenters. The van der Waals surface area contributed by atoms with E-state index < -0.39 is 5.97 Å². The van der Waals surface area contributed by atoms with E-state index in [1.54, 1.807) is 17.1 Å². The van der Waals surface area contributed by atoms with E-state index in [4.69, 9.17) is 5.11 Å². The Bertz CT molecular complexity index is 482. The fourth-order valence-corrected chi connectivity index (χ4v) is 1.74. The van der Waals surface area contributed by atoms with E-state index in [9.17, 15) is 4.79 Å².